The van der Waals surface area contributed by atoms with E-state index < -0.39 is 0 Å². The van der Waals surface area contributed by atoms with Gasteiger partial charge in [0.25, 0.3) is 0 Å². The Morgan fingerprint density at radius 3 is 2.96 bits per heavy atom. The predicted octanol–water partition coefficient (Wildman–Crippen LogP) is 0.684. The number of hydrazine groups is 1. The lowest BCUT2D eigenvalue weighted by Crippen LogP contribution is -2.48. The van der Waals surface area contributed by atoms with Crippen LogP contribution < -0.4 is 10.9 Å². The van der Waals surface area contributed by atoms with Crippen molar-refractivity contribution < 1.29 is 4.79 Å². The number of amides is 1. The highest BCUT2D eigenvalue weighted by Crippen LogP contribution is 2.31. The summed E-state index contributed by atoms with van der Waals surface area (Å²) in [6, 6.07) is 4.35. The minimum absolute atomic E-state index is 0.0938. The Bertz CT molecular complexity index is 836. The second kappa shape index (κ2) is 7.60. The molecule has 2 aromatic heterocycles. The molecule has 5 rings (SSSR count). The maximum absolute atomic E-state index is 13.2. The van der Waals surface area contributed by atoms with Gasteiger partial charge in [-0.25, -0.2) is 5.43 Å². The normalized spacial score (nSPS) is 27.1. The third kappa shape index (κ3) is 3.31. The molecule has 3 atom stereocenters. The Hall–Kier alpha value is -2.32. The van der Waals surface area contributed by atoms with E-state index in [2.05, 4.69) is 36.7 Å². The number of hydrogen-bond acceptors (Lipinski definition) is 6. The smallest absolute Gasteiger partial charge is 0.241 e. The number of carbonyl (C=O) groups excluding carboxylic acids is 1. The molecule has 8 nitrogen and oxygen atoms in total. The Balaban J connectivity index is 1.27. The standard InChI is InChI=1S/C20H27N7O/c28-20(19-15-5-1-2-6-16(15)22-25-19)26-9-7-17-23-24-18(27(17)11-10-26)12-14-4-3-8-21-13-14/h3-4,8,13,15-16,19,22,25H,1-2,5-7,9-12H2. The van der Waals surface area contributed by atoms with Crippen molar-refractivity contribution >= 4 is 5.91 Å². The Morgan fingerprint density at radius 1 is 1.14 bits per heavy atom. The van der Waals surface area contributed by atoms with Gasteiger partial charge in [0.15, 0.2) is 0 Å². The fourth-order valence-corrected chi connectivity index (χ4v) is 4.90. The molecule has 1 saturated heterocycles. The molecule has 0 radical (unpaired) electrons. The number of fused-ring (bicyclic) bond motifs is 2. The number of carbonyl (C=O) groups is 1. The first-order chi connectivity index (χ1) is 13.8. The summed E-state index contributed by atoms with van der Waals surface area (Å²) in [5.74, 6) is 2.58. The molecule has 1 saturated carbocycles. The van der Waals surface area contributed by atoms with Crippen molar-refractivity contribution in [3.05, 3.63) is 41.7 Å². The van der Waals surface area contributed by atoms with Crippen molar-refractivity contribution in [2.75, 3.05) is 13.1 Å². The SMILES string of the molecule is O=C(C1NNC2CCCCC21)N1CCc2nnc(Cc3cccnc3)n2CC1. The molecule has 3 aliphatic rings. The maximum atomic E-state index is 13.2. The summed E-state index contributed by atoms with van der Waals surface area (Å²) < 4.78 is 2.18. The summed E-state index contributed by atoms with van der Waals surface area (Å²) in [6.45, 7) is 2.16. The highest BCUT2D eigenvalue weighted by Gasteiger charge is 2.42. The van der Waals surface area contributed by atoms with Gasteiger partial charge in [-0.1, -0.05) is 18.9 Å². The van der Waals surface area contributed by atoms with Gasteiger partial charge in [-0.15, -0.1) is 10.2 Å². The van der Waals surface area contributed by atoms with E-state index in [1.54, 1.807) is 6.20 Å². The first kappa shape index (κ1) is 17.8. The van der Waals surface area contributed by atoms with E-state index >= 15 is 0 Å². The molecule has 2 aromatic rings. The zero-order valence-electron chi connectivity index (χ0n) is 16.0. The lowest BCUT2D eigenvalue weighted by Gasteiger charge is -2.30. The van der Waals surface area contributed by atoms with Crippen molar-refractivity contribution in [1.29, 1.82) is 0 Å². The fraction of sp³-hybridized carbons (Fsp3) is 0.600. The summed E-state index contributed by atoms with van der Waals surface area (Å²) in [4.78, 5) is 19.4. The lowest BCUT2D eigenvalue weighted by molar-refractivity contribution is -0.134. The summed E-state index contributed by atoms with van der Waals surface area (Å²) in [6.07, 6.45) is 9.90. The molecule has 2 N–H and O–H groups in total. The number of rotatable bonds is 3. The van der Waals surface area contributed by atoms with E-state index in [4.69, 9.17) is 0 Å². The molecular weight excluding hydrogens is 354 g/mol. The van der Waals surface area contributed by atoms with Crippen molar-refractivity contribution in [2.45, 2.75) is 57.2 Å². The summed E-state index contributed by atoms with van der Waals surface area (Å²) in [5, 5.41) is 8.79. The monoisotopic (exact) mass is 381 g/mol. The van der Waals surface area contributed by atoms with Gasteiger partial charge < -0.3 is 9.47 Å². The van der Waals surface area contributed by atoms with Crippen LogP contribution in [0.1, 0.15) is 42.9 Å². The van der Waals surface area contributed by atoms with E-state index in [0.29, 0.717) is 31.5 Å². The first-order valence-electron chi connectivity index (χ1n) is 10.4. The van der Waals surface area contributed by atoms with Crippen LogP contribution in [-0.2, 0) is 24.2 Å². The topological polar surface area (TPSA) is 88.0 Å². The van der Waals surface area contributed by atoms with E-state index in [1.165, 1.54) is 19.3 Å². The largest absolute Gasteiger partial charge is 0.339 e. The molecule has 3 unspecified atom stereocenters. The van der Waals surface area contributed by atoms with E-state index in [9.17, 15) is 4.79 Å². The molecule has 2 aliphatic heterocycles. The van der Waals surface area contributed by atoms with E-state index in [1.807, 2.05) is 17.2 Å². The second-order valence-corrected chi connectivity index (χ2v) is 8.12. The van der Waals surface area contributed by atoms with Crippen LogP contribution in [0.3, 0.4) is 0 Å². The van der Waals surface area contributed by atoms with Crippen LogP contribution in [0.5, 0.6) is 0 Å². The summed E-state index contributed by atoms with van der Waals surface area (Å²) >= 11 is 0. The third-order valence-corrected chi connectivity index (χ3v) is 6.44. The zero-order chi connectivity index (χ0) is 18.9. The van der Waals surface area contributed by atoms with Gasteiger partial charge in [0.1, 0.15) is 17.7 Å². The van der Waals surface area contributed by atoms with Crippen LogP contribution in [-0.4, -0.2) is 55.7 Å². The molecule has 1 aliphatic carbocycles. The number of pyridine rings is 1. The van der Waals surface area contributed by atoms with Crippen molar-refractivity contribution in [3.8, 4) is 0 Å². The van der Waals surface area contributed by atoms with Crippen molar-refractivity contribution in [2.24, 2.45) is 5.92 Å². The predicted molar refractivity (Wildman–Crippen MR) is 103 cm³/mol. The molecule has 28 heavy (non-hydrogen) atoms. The zero-order valence-corrected chi connectivity index (χ0v) is 16.0. The molecule has 0 aromatic carbocycles. The molecular formula is C20H27N7O. The van der Waals surface area contributed by atoms with Crippen molar-refractivity contribution in [1.82, 2.24) is 35.5 Å². The van der Waals surface area contributed by atoms with Crippen LogP contribution in [0.2, 0.25) is 0 Å². The molecule has 1 amide bonds. The Labute approximate surface area is 164 Å². The van der Waals surface area contributed by atoms with E-state index in [0.717, 1.165) is 36.6 Å². The summed E-state index contributed by atoms with van der Waals surface area (Å²) in [5.41, 5.74) is 7.78. The van der Waals surface area contributed by atoms with Gasteiger partial charge in [-0.2, -0.15) is 0 Å². The number of nitrogens with zero attached hydrogens (tertiary/aromatic N) is 5. The van der Waals surface area contributed by atoms with Crippen LogP contribution in [0.15, 0.2) is 24.5 Å². The quantitative estimate of drug-likeness (QED) is 0.813. The van der Waals surface area contributed by atoms with Crippen LogP contribution in [0.25, 0.3) is 0 Å². The van der Waals surface area contributed by atoms with Crippen LogP contribution >= 0.6 is 0 Å². The average Bonchev–Trinajstić information content (AvgIpc) is 3.26. The van der Waals surface area contributed by atoms with Crippen molar-refractivity contribution in [3.63, 3.8) is 0 Å². The number of nitrogens with one attached hydrogen (secondary N) is 2. The minimum atomic E-state index is -0.0938. The number of hydrogen-bond donors (Lipinski definition) is 2. The Morgan fingerprint density at radius 2 is 2.07 bits per heavy atom. The van der Waals surface area contributed by atoms with Gasteiger partial charge in [0, 0.05) is 56.8 Å². The molecule has 148 valence electrons. The van der Waals surface area contributed by atoms with Gasteiger partial charge >= 0.3 is 0 Å². The molecule has 0 spiro atoms. The minimum Gasteiger partial charge on any atom is -0.339 e. The summed E-state index contributed by atoms with van der Waals surface area (Å²) in [7, 11) is 0. The molecule has 8 heteroatoms. The lowest BCUT2D eigenvalue weighted by atomic mass is 9.81. The van der Waals surface area contributed by atoms with E-state index in [-0.39, 0.29) is 11.9 Å². The average molecular weight is 381 g/mol. The number of aromatic nitrogens is 4. The maximum Gasteiger partial charge on any atom is 0.241 e. The highest BCUT2D eigenvalue weighted by molar-refractivity contribution is 5.82. The van der Waals surface area contributed by atoms with Crippen LogP contribution in [0, 0.1) is 5.92 Å². The van der Waals surface area contributed by atoms with Gasteiger partial charge in [-0.05, 0) is 24.5 Å². The molecule has 0 bridgehead atoms. The van der Waals surface area contributed by atoms with Crippen LogP contribution in [0.4, 0.5) is 0 Å². The molecule has 4 heterocycles. The van der Waals surface area contributed by atoms with Gasteiger partial charge in [0.2, 0.25) is 5.91 Å². The molecule has 2 fully saturated rings. The second-order valence-electron chi connectivity index (χ2n) is 8.12. The first-order valence-corrected chi connectivity index (χ1v) is 10.4. The third-order valence-electron chi connectivity index (χ3n) is 6.44. The van der Waals surface area contributed by atoms with Gasteiger partial charge in [-0.3, -0.25) is 15.2 Å². The fourth-order valence-electron chi connectivity index (χ4n) is 4.90. The Kier molecular flexibility index (Phi) is 4.82. The van der Waals surface area contributed by atoms with Gasteiger partial charge in [0.05, 0.1) is 0 Å². The highest BCUT2D eigenvalue weighted by atomic mass is 16.2.